The molecule has 0 atom stereocenters. The molecule has 0 aliphatic rings. The third-order valence-electron chi connectivity index (χ3n) is 4.51. The summed E-state index contributed by atoms with van der Waals surface area (Å²) in [5.41, 5.74) is 2.21. The van der Waals surface area contributed by atoms with Gasteiger partial charge < -0.3 is 24.5 Å². The number of aromatic amines is 1. The Hall–Kier alpha value is -2.60. The molecule has 0 amide bonds. The van der Waals surface area contributed by atoms with E-state index in [2.05, 4.69) is 42.9 Å². The number of benzene rings is 1. The number of furan rings is 1. The lowest BCUT2D eigenvalue weighted by Gasteiger charge is -2.15. The van der Waals surface area contributed by atoms with Crippen molar-refractivity contribution < 1.29 is 13.9 Å². The zero-order chi connectivity index (χ0) is 21.9. The van der Waals surface area contributed by atoms with Crippen molar-refractivity contribution in [3.05, 3.63) is 53.5 Å². The van der Waals surface area contributed by atoms with Crippen LogP contribution in [0, 0.1) is 6.92 Å². The minimum atomic E-state index is 0. The van der Waals surface area contributed by atoms with Crippen LogP contribution in [0.5, 0.6) is 5.75 Å². The number of hydrogen-bond acceptors (Lipinski definition) is 6. The van der Waals surface area contributed by atoms with Crippen molar-refractivity contribution in [2.75, 3.05) is 33.4 Å². The Balaban J connectivity index is 0.00000363. The topological polar surface area (TPSA) is 110 Å². The van der Waals surface area contributed by atoms with Gasteiger partial charge in [-0.15, -0.1) is 24.0 Å². The Morgan fingerprint density at radius 2 is 2.09 bits per heavy atom. The van der Waals surface area contributed by atoms with Crippen LogP contribution in [0.3, 0.4) is 0 Å². The highest BCUT2D eigenvalue weighted by Crippen LogP contribution is 2.20. The number of aryl methyl sites for hydroxylation is 1. The minimum Gasteiger partial charge on any atom is -0.491 e. The smallest absolute Gasteiger partial charge is 0.216 e. The molecule has 174 valence electrons. The predicted octanol–water partition coefficient (Wildman–Crippen LogP) is 3.31. The van der Waals surface area contributed by atoms with Gasteiger partial charge in [0.15, 0.2) is 11.7 Å². The van der Waals surface area contributed by atoms with E-state index in [-0.39, 0.29) is 24.0 Å². The van der Waals surface area contributed by atoms with Crippen LogP contribution in [0.15, 0.2) is 46.0 Å². The highest BCUT2D eigenvalue weighted by atomic mass is 127. The van der Waals surface area contributed by atoms with Crippen molar-refractivity contribution in [3.63, 3.8) is 0 Å². The zero-order valence-corrected chi connectivity index (χ0v) is 21.0. The monoisotopic (exact) mass is 554 g/mol. The summed E-state index contributed by atoms with van der Waals surface area (Å²) >= 11 is 0. The van der Waals surface area contributed by atoms with E-state index in [0.717, 1.165) is 22.7 Å². The number of nitrogens with zero attached hydrogens (tertiary/aromatic N) is 3. The van der Waals surface area contributed by atoms with E-state index in [9.17, 15) is 0 Å². The fourth-order valence-electron chi connectivity index (χ4n) is 2.92. The number of guanidine groups is 1. The van der Waals surface area contributed by atoms with E-state index in [4.69, 9.17) is 13.9 Å². The number of H-pyrrole nitrogens is 1. The summed E-state index contributed by atoms with van der Waals surface area (Å²) in [7, 11) is 1.74. The highest BCUT2D eigenvalue weighted by molar-refractivity contribution is 14.0. The van der Waals surface area contributed by atoms with Gasteiger partial charge in [-0.3, -0.25) is 10.1 Å². The Kier molecular flexibility index (Phi) is 11.0. The number of rotatable bonds is 11. The van der Waals surface area contributed by atoms with Gasteiger partial charge in [-0.25, -0.2) is 4.98 Å². The maximum absolute atomic E-state index is 5.91. The lowest BCUT2D eigenvalue weighted by atomic mass is 10.1. The van der Waals surface area contributed by atoms with E-state index in [1.807, 2.05) is 32.0 Å². The van der Waals surface area contributed by atoms with Gasteiger partial charge in [0, 0.05) is 38.7 Å². The van der Waals surface area contributed by atoms with E-state index < -0.39 is 0 Å². The van der Waals surface area contributed by atoms with Crippen molar-refractivity contribution in [2.45, 2.75) is 26.8 Å². The van der Waals surface area contributed by atoms with Gasteiger partial charge in [-0.2, -0.15) is 5.10 Å². The molecule has 1 aromatic carbocycles. The fraction of sp³-hybridized carbons (Fsp3) is 0.409. The van der Waals surface area contributed by atoms with Crippen LogP contribution in [0.4, 0.5) is 0 Å². The van der Waals surface area contributed by atoms with Crippen molar-refractivity contribution in [1.82, 2.24) is 25.8 Å². The number of aromatic nitrogens is 3. The first-order valence-corrected chi connectivity index (χ1v) is 10.4. The number of ether oxygens (including phenoxy) is 2. The number of halogens is 1. The Labute approximate surface area is 205 Å². The van der Waals surface area contributed by atoms with Crippen LogP contribution in [0.25, 0.3) is 11.6 Å². The van der Waals surface area contributed by atoms with Crippen LogP contribution < -0.4 is 15.4 Å². The van der Waals surface area contributed by atoms with Gasteiger partial charge in [0.2, 0.25) is 5.82 Å². The first-order valence-electron chi connectivity index (χ1n) is 10.4. The van der Waals surface area contributed by atoms with Crippen molar-refractivity contribution in [1.29, 1.82) is 0 Å². The fourth-order valence-corrected chi connectivity index (χ4v) is 2.92. The molecule has 10 heteroatoms. The Morgan fingerprint density at radius 3 is 2.84 bits per heavy atom. The summed E-state index contributed by atoms with van der Waals surface area (Å²) in [6.45, 7) is 7.05. The quantitative estimate of drug-likeness (QED) is 0.144. The van der Waals surface area contributed by atoms with E-state index >= 15 is 0 Å². The van der Waals surface area contributed by atoms with Crippen LogP contribution >= 0.6 is 24.0 Å². The maximum Gasteiger partial charge on any atom is 0.216 e. The Bertz CT molecular complexity index is 958. The second-order valence-electron chi connectivity index (χ2n) is 6.84. The summed E-state index contributed by atoms with van der Waals surface area (Å²) in [6.07, 6.45) is 2.27. The van der Waals surface area contributed by atoms with Crippen molar-refractivity contribution in [3.8, 4) is 17.3 Å². The molecular weight excluding hydrogens is 523 g/mol. The van der Waals surface area contributed by atoms with Crippen LogP contribution in [0.2, 0.25) is 0 Å². The first-order chi connectivity index (χ1) is 15.2. The van der Waals surface area contributed by atoms with Gasteiger partial charge in [0.05, 0.1) is 12.9 Å². The number of hydrogen-bond donors (Lipinski definition) is 3. The molecular formula is C22H31IN6O3. The minimum absolute atomic E-state index is 0. The van der Waals surface area contributed by atoms with E-state index in [1.54, 1.807) is 13.3 Å². The van der Waals surface area contributed by atoms with Crippen molar-refractivity contribution >= 4 is 29.9 Å². The molecule has 0 saturated carbocycles. The SMILES string of the molecule is CCOCCOc1cc(C)ccc1CNC(=NC)NCCc1nc(-c2ccco2)n[nH]1.I. The van der Waals surface area contributed by atoms with Crippen LogP contribution in [-0.4, -0.2) is 54.6 Å². The summed E-state index contributed by atoms with van der Waals surface area (Å²) in [5.74, 6) is 3.53. The van der Waals surface area contributed by atoms with E-state index in [0.29, 0.717) is 56.9 Å². The molecule has 3 N–H and O–H groups in total. The molecule has 32 heavy (non-hydrogen) atoms. The highest BCUT2D eigenvalue weighted by Gasteiger charge is 2.09. The Morgan fingerprint density at radius 1 is 1.22 bits per heavy atom. The molecule has 9 nitrogen and oxygen atoms in total. The van der Waals surface area contributed by atoms with Gasteiger partial charge in [0.25, 0.3) is 0 Å². The second-order valence-corrected chi connectivity index (χ2v) is 6.84. The van der Waals surface area contributed by atoms with Gasteiger partial charge >= 0.3 is 0 Å². The maximum atomic E-state index is 5.91. The summed E-state index contributed by atoms with van der Waals surface area (Å²) in [5, 5.41) is 13.7. The van der Waals surface area contributed by atoms with Crippen LogP contribution in [0.1, 0.15) is 23.9 Å². The third kappa shape index (κ3) is 7.83. The normalized spacial score (nSPS) is 11.2. The van der Waals surface area contributed by atoms with Crippen LogP contribution in [-0.2, 0) is 17.7 Å². The summed E-state index contributed by atoms with van der Waals surface area (Å²) < 4.78 is 16.6. The average Bonchev–Trinajstić information content (AvgIpc) is 3.46. The van der Waals surface area contributed by atoms with E-state index in [1.165, 1.54) is 0 Å². The molecule has 0 unspecified atom stereocenters. The molecule has 2 heterocycles. The van der Waals surface area contributed by atoms with Crippen molar-refractivity contribution in [2.24, 2.45) is 4.99 Å². The molecule has 3 rings (SSSR count). The third-order valence-corrected chi connectivity index (χ3v) is 4.51. The van der Waals surface area contributed by atoms with Gasteiger partial charge in [0.1, 0.15) is 18.2 Å². The molecule has 0 fully saturated rings. The lowest BCUT2D eigenvalue weighted by Crippen LogP contribution is -2.38. The zero-order valence-electron chi connectivity index (χ0n) is 18.7. The molecule has 0 spiro atoms. The number of aliphatic imine (C=N–C) groups is 1. The average molecular weight is 554 g/mol. The standard InChI is InChI=1S/C22H30N6O3.HI/c1-4-29-12-13-31-19-14-16(2)7-8-17(19)15-25-22(23-3)24-10-9-20-26-21(28-27-20)18-6-5-11-30-18;/h5-8,11,14H,4,9-10,12-13,15H2,1-3H3,(H2,23,24,25)(H,26,27,28);1H. The molecule has 0 bridgehead atoms. The van der Waals surface area contributed by atoms with Gasteiger partial charge in [-0.1, -0.05) is 12.1 Å². The molecule has 2 aromatic heterocycles. The molecule has 0 radical (unpaired) electrons. The molecule has 0 aliphatic carbocycles. The molecule has 3 aromatic rings. The first kappa shape index (κ1) is 25.7. The summed E-state index contributed by atoms with van der Waals surface area (Å²) in [6, 6.07) is 9.82. The summed E-state index contributed by atoms with van der Waals surface area (Å²) in [4.78, 5) is 8.73. The predicted molar refractivity (Wildman–Crippen MR) is 135 cm³/mol. The lowest BCUT2D eigenvalue weighted by molar-refractivity contribution is 0.110. The number of nitrogens with one attached hydrogen (secondary N) is 3. The largest absolute Gasteiger partial charge is 0.491 e. The molecule has 0 aliphatic heterocycles. The van der Waals surface area contributed by atoms with Gasteiger partial charge in [-0.05, 0) is 37.6 Å². The molecule has 0 saturated heterocycles. The second kappa shape index (κ2) is 13.7.